The normalized spacial score (nSPS) is 16.0. The number of amides is 1. The monoisotopic (exact) mass is 481 g/mol. The van der Waals surface area contributed by atoms with Crippen molar-refractivity contribution in [2.75, 3.05) is 26.2 Å². The first-order chi connectivity index (χ1) is 13.4. The molecule has 9 heteroatoms. The van der Waals surface area contributed by atoms with Crippen molar-refractivity contribution < 1.29 is 13.2 Å². The number of fused-ring (bicyclic) bond motifs is 1. The largest absolute Gasteiger partial charge is 0.361 e. The van der Waals surface area contributed by atoms with Gasteiger partial charge in [-0.2, -0.15) is 4.31 Å². The van der Waals surface area contributed by atoms with Crippen LogP contribution in [0.15, 0.2) is 50.6 Å². The zero-order valence-electron chi connectivity index (χ0n) is 15.1. The summed E-state index contributed by atoms with van der Waals surface area (Å²) in [7, 11) is -3.48. The van der Waals surface area contributed by atoms with Gasteiger partial charge in [0, 0.05) is 49.7 Å². The molecule has 2 aromatic heterocycles. The number of aryl methyl sites for hydroxylation is 1. The molecule has 0 unspecified atom stereocenters. The van der Waals surface area contributed by atoms with Crippen LogP contribution in [-0.4, -0.2) is 54.7 Å². The molecule has 3 heterocycles. The number of rotatable bonds is 5. The molecule has 0 radical (unpaired) electrons. The third-order valence-electron chi connectivity index (χ3n) is 5.02. The molecule has 28 heavy (non-hydrogen) atoms. The lowest BCUT2D eigenvalue weighted by atomic mass is 10.1. The Morgan fingerprint density at radius 3 is 2.57 bits per heavy atom. The minimum Gasteiger partial charge on any atom is -0.361 e. The van der Waals surface area contributed by atoms with Crippen molar-refractivity contribution in [1.82, 2.24) is 14.2 Å². The minimum atomic E-state index is -3.48. The molecular weight excluding hydrogens is 462 g/mol. The van der Waals surface area contributed by atoms with Crippen molar-refractivity contribution in [3.63, 3.8) is 0 Å². The average molecular weight is 482 g/mol. The third-order valence-corrected chi connectivity index (χ3v) is 9.01. The Labute approximate surface area is 176 Å². The lowest BCUT2D eigenvalue weighted by molar-refractivity contribution is -0.132. The first kappa shape index (κ1) is 19.6. The highest BCUT2D eigenvalue weighted by Gasteiger charge is 2.31. The predicted octanol–water partition coefficient (Wildman–Crippen LogP) is 3.46. The molecular formula is C19H20BrN3O3S2. The number of carbonyl (C=O) groups excluding carboxylic acids is 1. The molecule has 1 aliphatic heterocycles. The zero-order chi connectivity index (χ0) is 19.7. The van der Waals surface area contributed by atoms with Crippen molar-refractivity contribution in [3.8, 4) is 0 Å². The quantitative estimate of drug-likeness (QED) is 0.606. The van der Waals surface area contributed by atoms with Gasteiger partial charge in [0.05, 0.1) is 3.79 Å². The topological polar surface area (TPSA) is 73.5 Å². The number of thiophene rings is 1. The molecule has 1 amide bonds. The van der Waals surface area contributed by atoms with Gasteiger partial charge in [-0.3, -0.25) is 4.79 Å². The second-order valence-corrected chi connectivity index (χ2v) is 11.3. The molecule has 0 saturated carbocycles. The van der Waals surface area contributed by atoms with E-state index in [1.54, 1.807) is 17.0 Å². The van der Waals surface area contributed by atoms with Crippen LogP contribution in [0.4, 0.5) is 0 Å². The lowest BCUT2D eigenvalue weighted by Gasteiger charge is -2.33. The second-order valence-electron chi connectivity index (χ2n) is 6.70. The van der Waals surface area contributed by atoms with E-state index >= 15 is 0 Å². The lowest BCUT2D eigenvalue weighted by Crippen LogP contribution is -2.50. The van der Waals surface area contributed by atoms with Gasteiger partial charge in [0.2, 0.25) is 5.91 Å². The maximum Gasteiger partial charge on any atom is 0.252 e. The van der Waals surface area contributed by atoms with Crippen molar-refractivity contribution in [1.29, 1.82) is 0 Å². The van der Waals surface area contributed by atoms with Crippen molar-refractivity contribution in [2.45, 2.75) is 17.1 Å². The number of aromatic amines is 1. The van der Waals surface area contributed by atoms with Gasteiger partial charge >= 0.3 is 0 Å². The fourth-order valence-corrected chi connectivity index (χ4v) is 7.07. The minimum absolute atomic E-state index is 0.0706. The van der Waals surface area contributed by atoms with E-state index in [9.17, 15) is 13.2 Å². The van der Waals surface area contributed by atoms with Crippen LogP contribution >= 0.6 is 27.3 Å². The summed E-state index contributed by atoms with van der Waals surface area (Å²) in [4.78, 5) is 17.6. The van der Waals surface area contributed by atoms with E-state index in [1.807, 2.05) is 24.4 Å². The van der Waals surface area contributed by atoms with Gasteiger partial charge in [0.25, 0.3) is 10.0 Å². The summed E-state index contributed by atoms with van der Waals surface area (Å²) in [6.45, 7) is 1.52. The number of benzene rings is 1. The van der Waals surface area contributed by atoms with Crippen molar-refractivity contribution in [3.05, 3.63) is 51.9 Å². The molecule has 1 saturated heterocycles. The number of nitrogens with one attached hydrogen (secondary N) is 1. The highest BCUT2D eigenvalue weighted by molar-refractivity contribution is 9.11. The van der Waals surface area contributed by atoms with Crippen LogP contribution in [0.25, 0.3) is 10.9 Å². The molecule has 148 valence electrons. The Bertz CT molecular complexity index is 1100. The number of aromatic nitrogens is 1. The maximum absolute atomic E-state index is 12.7. The molecule has 3 aromatic rings. The van der Waals surface area contributed by atoms with E-state index in [-0.39, 0.29) is 5.91 Å². The first-order valence-corrected chi connectivity index (χ1v) is 12.1. The number of nitrogens with zero attached hydrogens (tertiary/aromatic N) is 2. The van der Waals surface area contributed by atoms with Crippen LogP contribution < -0.4 is 0 Å². The zero-order valence-corrected chi connectivity index (χ0v) is 18.3. The van der Waals surface area contributed by atoms with E-state index in [1.165, 1.54) is 15.6 Å². The van der Waals surface area contributed by atoms with Gasteiger partial charge in [0.15, 0.2) is 0 Å². The van der Waals surface area contributed by atoms with Crippen molar-refractivity contribution in [2.24, 2.45) is 0 Å². The average Bonchev–Trinajstić information content (AvgIpc) is 3.33. The summed E-state index contributed by atoms with van der Waals surface area (Å²) in [5.74, 6) is 0.0706. The molecule has 6 nitrogen and oxygen atoms in total. The van der Waals surface area contributed by atoms with E-state index in [0.29, 0.717) is 43.2 Å². The van der Waals surface area contributed by atoms with E-state index in [0.717, 1.165) is 20.3 Å². The van der Waals surface area contributed by atoms with Crippen LogP contribution in [0.2, 0.25) is 0 Å². The maximum atomic E-state index is 12.7. The van der Waals surface area contributed by atoms with Gasteiger partial charge in [-0.05, 0) is 46.1 Å². The molecule has 1 fully saturated rings. The van der Waals surface area contributed by atoms with Gasteiger partial charge in [-0.25, -0.2) is 8.42 Å². The standard InChI is InChI=1S/C19H20BrN3O3S2/c20-17-6-8-19(27-17)28(25,26)23-11-9-22(10-12-23)18(24)7-5-14-13-21-16-4-2-1-3-15(14)16/h1-4,6,8,13,21H,5,7,9-12H2. The summed E-state index contributed by atoms with van der Waals surface area (Å²) in [5.41, 5.74) is 2.21. The number of para-hydroxylation sites is 1. The van der Waals surface area contributed by atoms with Gasteiger partial charge in [-0.1, -0.05) is 18.2 Å². The number of hydrogen-bond donors (Lipinski definition) is 1. The number of hydrogen-bond acceptors (Lipinski definition) is 4. The number of halogens is 1. The van der Waals surface area contributed by atoms with Gasteiger partial charge in [-0.15, -0.1) is 11.3 Å². The Morgan fingerprint density at radius 2 is 1.86 bits per heavy atom. The first-order valence-electron chi connectivity index (χ1n) is 9.03. The highest BCUT2D eigenvalue weighted by Crippen LogP contribution is 2.29. The Kier molecular flexibility index (Phi) is 5.59. The molecule has 1 aromatic carbocycles. The van der Waals surface area contributed by atoms with Gasteiger partial charge in [0.1, 0.15) is 4.21 Å². The third kappa shape index (κ3) is 3.89. The fraction of sp³-hybridized carbons (Fsp3) is 0.316. The van der Waals surface area contributed by atoms with Crippen LogP contribution in [0.1, 0.15) is 12.0 Å². The van der Waals surface area contributed by atoms with E-state index < -0.39 is 10.0 Å². The Balaban J connectivity index is 1.34. The van der Waals surface area contributed by atoms with Gasteiger partial charge < -0.3 is 9.88 Å². The molecule has 0 bridgehead atoms. The van der Waals surface area contributed by atoms with E-state index in [2.05, 4.69) is 27.0 Å². The van der Waals surface area contributed by atoms with E-state index in [4.69, 9.17) is 0 Å². The van der Waals surface area contributed by atoms with Crippen molar-refractivity contribution >= 4 is 54.1 Å². The molecule has 4 rings (SSSR count). The number of H-pyrrole nitrogens is 1. The summed E-state index contributed by atoms with van der Waals surface area (Å²) >= 11 is 4.51. The molecule has 1 N–H and O–H groups in total. The number of piperazine rings is 1. The fourth-order valence-electron chi connectivity index (χ4n) is 3.48. The summed E-state index contributed by atoms with van der Waals surface area (Å²) in [6, 6.07) is 11.4. The predicted molar refractivity (Wildman–Crippen MR) is 114 cm³/mol. The second kappa shape index (κ2) is 7.98. The molecule has 0 spiro atoms. The molecule has 0 aliphatic carbocycles. The van der Waals surface area contributed by atoms with Crippen LogP contribution in [0, 0.1) is 0 Å². The smallest absolute Gasteiger partial charge is 0.252 e. The number of carbonyl (C=O) groups is 1. The number of sulfonamides is 1. The summed E-state index contributed by atoms with van der Waals surface area (Å²) in [5, 5.41) is 1.15. The summed E-state index contributed by atoms with van der Waals surface area (Å²) in [6.07, 6.45) is 3.05. The van der Waals surface area contributed by atoms with Crippen LogP contribution in [0.3, 0.4) is 0 Å². The SMILES string of the molecule is O=C(CCc1c[nH]c2ccccc12)N1CCN(S(=O)(=O)c2ccc(Br)s2)CC1. The summed E-state index contributed by atoms with van der Waals surface area (Å²) < 4.78 is 28.0. The highest BCUT2D eigenvalue weighted by atomic mass is 79.9. The Hall–Kier alpha value is -1.68. The molecule has 1 aliphatic rings. The van der Waals surface area contributed by atoms with Crippen LogP contribution in [-0.2, 0) is 21.2 Å². The Morgan fingerprint density at radius 1 is 1.11 bits per heavy atom. The molecule has 0 atom stereocenters. The van der Waals surface area contributed by atoms with Crippen LogP contribution in [0.5, 0.6) is 0 Å².